The Hall–Kier alpha value is -2.50. The number of aromatic nitrogens is 1. The molecule has 10 nitrogen and oxygen atoms in total. The Morgan fingerprint density at radius 1 is 1.08 bits per heavy atom. The number of fused-ring (bicyclic) bond motifs is 1. The summed E-state index contributed by atoms with van der Waals surface area (Å²) < 4.78 is 5.46. The minimum Gasteiger partial charge on any atom is -0.388 e. The Labute approximate surface area is 218 Å². The lowest BCUT2D eigenvalue weighted by atomic mass is 10.0. The summed E-state index contributed by atoms with van der Waals surface area (Å²) in [6, 6.07) is 7.11. The zero-order chi connectivity index (χ0) is 26.9. The summed E-state index contributed by atoms with van der Waals surface area (Å²) >= 11 is 0. The number of aliphatic hydroxyl groups excluding tert-OH is 3. The monoisotopic (exact) mass is 518 g/mol. The molecule has 2 heterocycles. The molecular weight excluding hydrogens is 476 g/mol. The Morgan fingerprint density at radius 2 is 1.81 bits per heavy atom. The van der Waals surface area contributed by atoms with Gasteiger partial charge in [0.25, 0.3) is 0 Å². The summed E-state index contributed by atoms with van der Waals surface area (Å²) in [5.74, 6) is -0.288. The van der Waals surface area contributed by atoms with Crippen molar-refractivity contribution in [3.63, 3.8) is 0 Å². The number of hydrogen-bond donors (Lipinski definition) is 5. The Bertz CT molecular complexity index is 1010. The smallest absolute Gasteiger partial charge is 0.239 e. The van der Waals surface area contributed by atoms with Crippen LogP contribution in [0.3, 0.4) is 0 Å². The predicted molar refractivity (Wildman–Crippen MR) is 141 cm³/mol. The lowest BCUT2D eigenvalue weighted by molar-refractivity contribution is -0.140. The molecule has 6 N–H and O–H groups in total. The summed E-state index contributed by atoms with van der Waals surface area (Å²) in [5, 5.41) is 32.1. The van der Waals surface area contributed by atoms with Gasteiger partial charge in [-0.25, -0.2) is 0 Å². The molecular formula is C27H42N4O6. The maximum atomic E-state index is 13.4. The van der Waals surface area contributed by atoms with E-state index in [9.17, 15) is 24.9 Å². The van der Waals surface area contributed by atoms with Crippen molar-refractivity contribution in [3.8, 4) is 0 Å². The number of rotatable bonds is 5. The van der Waals surface area contributed by atoms with E-state index in [2.05, 4.69) is 4.98 Å². The van der Waals surface area contributed by atoms with E-state index in [0.717, 1.165) is 16.5 Å². The predicted octanol–water partition coefficient (Wildman–Crippen LogP) is 0.634. The summed E-state index contributed by atoms with van der Waals surface area (Å²) in [6.45, 7) is 4.79. The standard InChI is InChI=1S/C27H42N4O6/c1-18(2)13-25(34)31-11-10-30(9-5-6-12-37-17-24(33)26(35)23(32)16-31)27(36)21(28)14-19-15-29-22-8-4-3-7-20(19)22/h3-4,7-8,15,18,21,23-24,26,29,32-33,35H,5-6,9-14,16-17,28H2,1-2H3/t21-,23-,24+,26+/m0/s1. The molecule has 2 amide bonds. The molecule has 1 aliphatic heterocycles. The Morgan fingerprint density at radius 3 is 2.57 bits per heavy atom. The number of benzene rings is 1. The molecule has 2 aromatic rings. The number of aromatic amines is 1. The van der Waals surface area contributed by atoms with Crippen LogP contribution >= 0.6 is 0 Å². The van der Waals surface area contributed by atoms with E-state index >= 15 is 0 Å². The van der Waals surface area contributed by atoms with Gasteiger partial charge >= 0.3 is 0 Å². The quantitative estimate of drug-likeness (QED) is 0.389. The molecule has 0 saturated carbocycles. The molecule has 0 aliphatic carbocycles. The average molecular weight is 519 g/mol. The normalized spacial score (nSPS) is 23.7. The molecule has 3 rings (SSSR count). The zero-order valence-electron chi connectivity index (χ0n) is 21.9. The van der Waals surface area contributed by atoms with Crippen LogP contribution in [-0.4, -0.2) is 106 Å². The van der Waals surface area contributed by atoms with Gasteiger partial charge in [-0.2, -0.15) is 0 Å². The molecule has 1 aromatic carbocycles. The van der Waals surface area contributed by atoms with Crippen molar-refractivity contribution in [2.24, 2.45) is 11.7 Å². The molecule has 1 saturated heterocycles. The molecule has 0 bridgehead atoms. The molecule has 0 spiro atoms. The van der Waals surface area contributed by atoms with Crippen molar-refractivity contribution in [1.29, 1.82) is 0 Å². The van der Waals surface area contributed by atoms with Gasteiger partial charge < -0.3 is 40.6 Å². The van der Waals surface area contributed by atoms with Crippen LogP contribution in [0.1, 0.15) is 38.7 Å². The van der Waals surface area contributed by atoms with Crippen LogP contribution in [-0.2, 0) is 20.7 Å². The molecule has 4 atom stereocenters. The van der Waals surface area contributed by atoms with Gasteiger partial charge in [-0.05, 0) is 36.8 Å². The lowest BCUT2D eigenvalue weighted by Crippen LogP contribution is -2.51. The number of carbonyl (C=O) groups is 2. The lowest BCUT2D eigenvalue weighted by Gasteiger charge is -2.33. The van der Waals surface area contributed by atoms with Gasteiger partial charge in [0.1, 0.15) is 18.3 Å². The van der Waals surface area contributed by atoms with Crippen LogP contribution in [0.15, 0.2) is 30.5 Å². The van der Waals surface area contributed by atoms with Crippen LogP contribution in [0, 0.1) is 5.92 Å². The summed E-state index contributed by atoms with van der Waals surface area (Å²) in [6.07, 6.45) is -0.254. The fourth-order valence-electron chi connectivity index (χ4n) is 4.63. The number of β-amino-alcohol motifs (C(OH)–C–C–N with tert-alkyl or cyclic N) is 1. The minimum absolute atomic E-state index is 0.101. The number of nitrogens with one attached hydrogen (secondary N) is 1. The molecule has 1 fully saturated rings. The third-order valence-electron chi connectivity index (χ3n) is 6.77. The van der Waals surface area contributed by atoms with E-state index in [0.29, 0.717) is 32.4 Å². The first kappa shape index (κ1) is 29.1. The topological polar surface area (TPSA) is 152 Å². The molecule has 0 radical (unpaired) electrons. The first-order chi connectivity index (χ1) is 17.7. The van der Waals surface area contributed by atoms with E-state index in [-0.39, 0.29) is 50.4 Å². The number of carbonyl (C=O) groups excluding carboxylic acids is 2. The zero-order valence-corrected chi connectivity index (χ0v) is 21.9. The summed E-state index contributed by atoms with van der Waals surface area (Å²) in [4.78, 5) is 32.7. The minimum atomic E-state index is -1.46. The number of ether oxygens (including phenoxy) is 1. The van der Waals surface area contributed by atoms with Crippen molar-refractivity contribution < 1.29 is 29.6 Å². The van der Waals surface area contributed by atoms with Gasteiger partial charge in [-0.1, -0.05) is 32.0 Å². The number of nitrogens with zero attached hydrogens (tertiary/aromatic N) is 2. The maximum Gasteiger partial charge on any atom is 0.239 e. The largest absolute Gasteiger partial charge is 0.388 e. The number of para-hydroxylation sites is 1. The van der Waals surface area contributed by atoms with Crippen molar-refractivity contribution in [2.75, 3.05) is 39.4 Å². The average Bonchev–Trinajstić information content (AvgIpc) is 3.27. The fourth-order valence-corrected chi connectivity index (χ4v) is 4.63. The van der Waals surface area contributed by atoms with Gasteiger partial charge in [-0.3, -0.25) is 9.59 Å². The fraction of sp³-hybridized carbons (Fsp3) is 0.630. The highest BCUT2D eigenvalue weighted by Gasteiger charge is 2.30. The highest BCUT2D eigenvalue weighted by atomic mass is 16.5. The molecule has 206 valence electrons. The second kappa shape index (κ2) is 13.9. The van der Waals surface area contributed by atoms with Crippen LogP contribution in [0.4, 0.5) is 0 Å². The van der Waals surface area contributed by atoms with E-state index in [1.165, 1.54) is 4.90 Å². The van der Waals surface area contributed by atoms with Crippen molar-refractivity contribution in [1.82, 2.24) is 14.8 Å². The van der Waals surface area contributed by atoms with Gasteiger partial charge in [0, 0.05) is 56.3 Å². The molecule has 37 heavy (non-hydrogen) atoms. The molecule has 1 aliphatic rings. The number of nitrogens with two attached hydrogens (primary N) is 1. The molecule has 1 aromatic heterocycles. The van der Waals surface area contributed by atoms with Crippen molar-refractivity contribution in [2.45, 2.75) is 63.9 Å². The highest BCUT2D eigenvalue weighted by molar-refractivity contribution is 5.86. The van der Waals surface area contributed by atoms with Crippen LogP contribution in [0.2, 0.25) is 0 Å². The number of amides is 2. The van der Waals surface area contributed by atoms with Crippen LogP contribution < -0.4 is 5.73 Å². The Balaban J connectivity index is 1.74. The number of hydrogen-bond acceptors (Lipinski definition) is 7. The molecule has 0 unspecified atom stereocenters. The second-order valence-electron chi connectivity index (χ2n) is 10.3. The van der Waals surface area contributed by atoms with Crippen molar-refractivity contribution >= 4 is 22.7 Å². The van der Waals surface area contributed by atoms with Gasteiger partial charge in [0.05, 0.1) is 12.6 Å². The SMILES string of the molecule is CC(C)CC(=O)N1CCN(C(=O)[C@@H](N)Cc2c[nH]c3ccccc23)CCCCOC[C@@H](O)[C@H](O)[C@@H](O)C1. The number of aliphatic hydroxyl groups is 3. The molecule has 10 heteroatoms. The number of H-pyrrole nitrogens is 1. The second-order valence-corrected chi connectivity index (χ2v) is 10.3. The van der Waals surface area contributed by atoms with Crippen LogP contribution in [0.25, 0.3) is 10.9 Å². The first-order valence-electron chi connectivity index (χ1n) is 13.2. The highest BCUT2D eigenvalue weighted by Crippen LogP contribution is 2.19. The van der Waals surface area contributed by atoms with E-state index in [1.807, 2.05) is 44.3 Å². The van der Waals surface area contributed by atoms with Gasteiger partial charge in [-0.15, -0.1) is 0 Å². The summed E-state index contributed by atoms with van der Waals surface area (Å²) in [5.41, 5.74) is 8.35. The van der Waals surface area contributed by atoms with E-state index < -0.39 is 24.4 Å². The Kier molecular flexibility index (Phi) is 10.9. The van der Waals surface area contributed by atoms with Crippen molar-refractivity contribution in [3.05, 3.63) is 36.0 Å². The maximum absolute atomic E-state index is 13.4. The third kappa shape index (κ3) is 8.24. The van der Waals surface area contributed by atoms with Gasteiger partial charge in [0.15, 0.2) is 0 Å². The summed E-state index contributed by atoms with van der Waals surface area (Å²) in [7, 11) is 0. The van der Waals surface area contributed by atoms with Gasteiger partial charge in [0.2, 0.25) is 11.8 Å². The van der Waals surface area contributed by atoms with E-state index in [4.69, 9.17) is 10.5 Å². The third-order valence-corrected chi connectivity index (χ3v) is 6.77. The van der Waals surface area contributed by atoms with Crippen LogP contribution in [0.5, 0.6) is 0 Å². The first-order valence-corrected chi connectivity index (χ1v) is 13.2. The van der Waals surface area contributed by atoms with E-state index in [1.54, 1.807) is 4.90 Å².